The standard InChI is InChI=1S/C42H34F3N3O3/c1-27-24-28(18-23-37(27)47-40(50)36-17-8-7-16-35(36)30-19-21-33(22-20-30)42(43,44)45)26-46-41(51)39(31-11-3-2-4-12-31)48-38(49)25-32-14-9-13-29-10-5-6-15-34(29)32/h2-24,39H,25-26H2,1H3,(H,46,51)(H,47,50)(H,48,49). The lowest BCUT2D eigenvalue weighted by molar-refractivity contribution is -0.137. The minimum Gasteiger partial charge on any atom is -0.350 e. The largest absolute Gasteiger partial charge is 0.416 e. The van der Waals surface area contributed by atoms with Crippen molar-refractivity contribution < 1.29 is 27.6 Å². The number of halogens is 3. The molecule has 9 heteroatoms. The first-order valence-corrected chi connectivity index (χ1v) is 16.3. The number of carbonyl (C=O) groups excluding carboxylic acids is 3. The number of hydrogen-bond donors (Lipinski definition) is 3. The Labute approximate surface area is 293 Å². The molecular weight excluding hydrogens is 651 g/mol. The SMILES string of the molecule is Cc1cc(CNC(=O)C(NC(=O)Cc2cccc3ccccc23)c2ccccc2)ccc1NC(=O)c1ccccc1-c1ccc(C(F)(F)F)cc1. The average molecular weight is 686 g/mol. The van der Waals surface area contributed by atoms with Crippen LogP contribution in [0.4, 0.5) is 18.9 Å². The number of hydrogen-bond acceptors (Lipinski definition) is 3. The van der Waals surface area contributed by atoms with Gasteiger partial charge in [0, 0.05) is 17.8 Å². The molecule has 6 aromatic carbocycles. The highest BCUT2D eigenvalue weighted by atomic mass is 19.4. The molecule has 0 fully saturated rings. The Morgan fingerprint density at radius 2 is 1.41 bits per heavy atom. The molecule has 0 aliphatic carbocycles. The highest BCUT2D eigenvalue weighted by Gasteiger charge is 2.30. The first-order valence-electron chi connectivity index (χ1n) is 16.3. The van der Waals surface area contributed by atoms with E-state index in [1.54, 1.807) is 48.5 Å². The summed E-state index contributed by atoms with van der Waals surface area (Å²) in [5.74, 6) is -1.08. The Hall–Kier alpha value is -6.22. The van der Waals surface area contributed by atoms with Gasteiger partial charge in [-0.3, -0.25) is 14.4 Å². The fraction of sp³-hybridized carbons (Fsp3) is 0.119. The topological polar surface area (TPSA) is 87.3 Å². The van der Waals surface area contributed by atoms with Gasteiger partial charge in [0.15, 0.2) is 0 Å². The van der Waals surface area contributed by atoms with Crippen LogP contribution in [-0.4, -0.2) is 17.7 Å². The van der Waals surface area contributed by atoms with Crippen molar-refractivity contribution in [1.29, 1.82) is 0 Å². The zero-order valence-electron chi connectivity index (χ0n) is 27.6. The minimum atomic E-state index is -4.46. The maximum Gasteiger partial charge on any atom is 0.416 e. The quantitative estimate of drug-likeness (QED) is 0.135. The molecule has 0 aliphatic heterocycles. The molecule has 1 atom stereocenters. The molecule has 0 bridgehead atoms. The van der Waals surface area contributed by atoms with E-state index in [0.717, 1.165) is 39.6 Å². The summed E-state index contributed by atoms with van der Waals surface area (Å²) < 4.78 is 39.3. The number of anilines is 1. The van der Waals surface area contributed by atoms with Gasteiger partial charge in [0.25, 0.3) is 5.91 Å². The third-order valence-corrected chi connectivity index (χ3v) is 8.63. The van der Waals surface area contributed by atoms with E-state index >= 15 is 0 Å². The van der Waals surface area contributed by atoms with E-state index in [9.17, 15) is 27.6 Å². The van der Waals surface area contributed by atoms with Gasteiger partial charge >= 0.3 is 6.18 Å². The molecule has 256 valence electrons. The van der Waals surface area contributed by atoms with Crippen LogP contribution < -0.4 is 16.0 Å². The van der Waals surface area contributed by atoms with Crippen molar-refractivity contribution >= 4 is 34.2 Å². The molecule has 3 amide bonds. The van der Waals surface area contributed by atoms with E-state index < -0.39 is 23.7 Å². The summed E-state index contributed by atoms with van der Waals surface area (Å²) in [6.07, 6.45) is -4.35. The van der Waals surface area contributed by atoms with Crippen LogP contribution in [0, 0.1) is 6.92 Å². The van der Waals surface area contributed by atoms with E-state index in [0.29, 0.717) is 27.9 Å². The second-order valence-corrected chi connectivity index (χ2v) is 12.2. The Morgan fingerprint density at radius 3 is 2.16 bits per heavy atom. The number of rotatable bonds is 10. The molecule has 0 aromatic heterocycles. The van der Waals surface area contributed by atoms with Crippen molar-refractivity contribution in [2.24, 2.45) is 0 Å². The molecule has 6 nitrogen and oxygen atoms in total. The number of aryl methyl sites for hydroxylation is 1. The van der Waals surface area contributed by atoms with Crippen LogP contribution in [0.5, 0.6) is 0 Å². The maximum atomic E-state index is 13.5. The lowest BCUT2D eigenvalue weighted by Gasteiger charge is -2.20. The van der Waals surface area contributed by atoms with E-state index in [1.807, 2.05) is 73.7 Å². The zero-order valence-corrected chi connectivity index (χ0v) is 27.6. The summed E-state index contributed by atoms with van der Waals surface area (Å²) >= 11 is 0. The number of nitrogens with one attached hydrogen (secondary N) is 3. The van der Waals surface area contributed by atoms with Crippen LogP contribution in [0.25, 0.3) is 21.9 Å². The van der Waals surface area contributed by atoms with Gasteiger partial charge in [-0.2, -0.15) is 13.2 Å². The third kappa shape index (κ3) is 8.33. The van der Waals surface area contributed by atoms with Gasteiger partial charge in [0.05, 0.1) is 12.0 Å². The van der Waals surface area contributed by atoms with Crippen molar-refractivity contribution in [3.63, 3.8) is 0 Å². The summed E-state index contributed by atoms with van der Waals surface area (Å²) in [6.45, 7) is 2.00. The number of fused-ring (bicyclic) bond motifs is 1. The van der Waals surface area contributed by atoms with Crippen molar-refractivity contribution in [3.8, 4) is 11.1 Å². The summed E-state index contributed by atoms with van der Waals surface area (Å²) in [5, 5.41) is 10.8. The van der Waals surface area contributed by atoms with E-state index in [2.05, 4.69) is 16.0 Å². The monoisotopic (exact) mass is 685 g/mol. The van der Waals surface area contributed by atoms with Crippen molar-refractivity contribution in [2.75, 3.05) is 5.32 Å². The van der Waals surface area contributed by atoms with Gasteiger partial charge in [0.1, 0.15) is 6.04 Å². The molecule has 1 unspecified atom stereocenters. The zero-order chi connectivity index (χ0) is 36.0. The lowest BCUT2D eigenvalue weighted by Crippen LogP contribution is -2.40. The molecule has 51 heavy (non-hydrogen) atoms. The minimum absolute atomic E-state index is 0.110. The Kier molecular flexibility index (Phi) is 10.3. The van der Waals surface area contributed by atoms with Crippen LogP contribution >= 0.6 is 0 Å². The van der Waals surface area contributed by atoms with E-state index in [4.69, 9.17) is 0 Å². The van der Waals surface area contributed by atoms with Gasteiger partial charge in [0.2, 0.25) is 11.8 Å². The van der Waals surface area contributed by atoms with Gasteiger partial charge in [-0.25, -0.2) is 0 Å². The molecule has 0 saturated carbocycles. The smallest absolute Gasteiger partial charge is 0.350 e. The van der Waals surface area contributed by atoms with Crippen molar-refractivity contribution in [1.82, 2.24) is 10.6 Å². The molecule has 6 rings (SSSR count). The molecule has 0 spiro atoms. The summed E-state index contributed by atoms with van der Waals surface area (Å²) in [4.78, 5) is 40.2. The molecule has 6 aromatic rings. The van der Waals surface area contributed by atoms with E-state index in [1.165, 1.54) is 12.1 Å². The number of benzene rings is 6. The summed E-state index contributed by atoms with van der Waals surface area (Å²) in [7, 11) is 0. The summed E-state index contributed by atoms with van der Waals surface area (Å²) in [5.41, 5.74) is 4.09. The van der Waals surface area contributed by atoms with Gasteiger partial charge < -0.3 is 16.0 Å². The molecule has 0 heterocycles. The Morgan fingerprint density at radius 1 is 0.725 bits per heavy atom. The lowest BCUT2D eigenvalue weighted by atomic mass is 9.98. The first kappa shape index (κ1) is 34.6. The van der Waals surface area contributed by atoms with Gasteiger partial charge in [-0.1, -0.05) is 115 Å². The first-order chi connectivity index (χ1) is 24.6. The highest BCUT2D eigenvalue weighted by molar-refractivity contribution is 6.09. The second kappa shape index (κ2) is 15.1. The van der Waals surface area contributed by atoms with Crippen LogP contribution in [0.1, 0.15) is 44.2 Å². The second-order valence-electron chi connectivity index (χ2n) is 12.2. The molecule has 3 N–H and O–H groups in total. The van der Waals surface area contributed by atoms with Crippen LogP contribution in [0.3, 0.4) is 0 Å². The predicted octanol–water partition coefficient (Wildman–Crippen LogP) is 8.80. The van der Waals surface area contributed by atoms with Crippen LogP contribution in [0.15, 0.2) is 140 Å². The van der Waals surface area contributed by atoms with Crippen molar-refractivity contribution in [3.05, 3.63) is 173 Å². The van der Waals surface area contributed by atoms with Crippen molar-refractivity contribution in [2.45, 2.75) is 32.1 Å². The van der Waals surface area contributed by atoms with Crippen LogP contribution in [-0.2, 0) is 28.7 Å². The maximum absolute atomic E-state index is 13.5. The number of carbonyl (C=O) groups is 3. The predicted molar refractivity (Wildman–Crippen MR) is 193 cm³/mol. The average Bonchev–Trinajstić information content (AvgIpc) is 3.14. The fourth-order valence-corrected chi connectivity index (χ4v) is 6.01. The van der Waals surface area contributed by atoms with E-state index in [-0.39, 0.29) is 24.8 Å². The third-order valence-electron chi connectivity index (χ3n) is 8.63. The Balaban J connectivity index is 1.12. The molecule has 0 radical (unpaired) electrons. The summed E-state index contributed by atoms with van der Waals surface area (Å²) in [6, 6.07) is 38.5. The van der Waals surface area contributed by atoms with Gasteiger partial charge in [-0.05, 0) is 75.3 Å². The molecule has 0 aliphatic rings. The fourth-order valence-electron chi connectivity index (χ4n) is 6.01. The molecule has 0 saturated heterocycles. The number of amides is 3. The Bertz CT molecular complexity index is 2190. The number of alkyl halides is 3. The van der Waals surface area contributed by atoms with Crippen LogP contribution in [0.2, 0.25) is 0 Å². The normalized spacial score (nSPS) is 11.8. The highest BCUT2D eigenvalue weighted by Crippen LogP contribution is 2.32. The van der Waals surface area contributed by atoms with Gasteiger partial charge in [-0.15, -0.1) is 0 Å². The molecular formula is C42H34F3N3O3.